The second-order valence-corrected chi connectivity index (χ2v) is 9.13. The summed E-state index contributed by atoms with van der Waals surface area (Å²) in [5.41, 5.74) is 2.70. The Labute approximate surface area is 176 Å². The molecule has 0 spiro atoms. The molecule has 2 aliphatic carbocycles. The second-order valence-electron chi connectivity index (χ2n) is 8.30. The Balaban J connectivity index is 1.36. The molecule has 0 saturated heterocycles. The highest BCUT2D eigenvalue weighted by Crippen LogP contribution is 2.49. The van der Waals surface area contributed by atoms with E-state index < -0.39 is 0 Å². The third-order valence-corrected chi connectivity index (χ3v) is 7.22. The topological polar surface area (TPSA) is 59.5 Å². The highest BCUT2D eigenvalue weighted by molar-refractivity contribution is 7.14. The van der Waals surface area contributed by atoms with Crippen molar-refractivity contribution < 1.29 is 14.3 Å². The summed E-state index contributed by atoms with van der Waals surface area (Å²) in [5.74, 6) is 1.84. The summed E-state index contributed by atoms with van der Waals surface area (Å²) < 4.78 is 5.49. The average Bonchev–Trinajstić information content (AvgIpc) is 3.44. The minimum absolute atomic E-state index is 0.0940. The number of rotatable bonds is 7. The zero-order valence-corrected chi connectivity index (χ0v) is 17.9. The molecule has 3 atom stereocenters. The van der Waals surface area contributed by atoms with Crippen molar-refractivity contribution >= 4 is 34.0 Å². The van der Waals surface area contributed by atoms with Gasteiger partial charge in [0, 0.05) is 18.7 Å². The maximum Gasteiger partial charge on any atom is 0.306 e. The number of anilines is 2. The molecular weight excluding hydrogens is 384 g/mol. The van der Waals surface area contributed by atoms with Crippen LogP contribution in [0.25, 0.3) is 0 Å². The molecule has 2 aromatic rings. The monoisotopic (exact) mass is 412 g/mol. The van der Waals surface area contributed by atoms with Crippen molar-refractivity contribution in [2.75, 3.05) is 4.90 Å². The van der Waals surface area contributed by atoms with Gasteiger partial charge in [0.15, 0.2) is 5.13 Å². The highest BCUT2D eigenvalue weighted by Gasteiger charge is 2.40. The van der Waals surface area contributed by atoms with Crippen LogP contribution in [0.1, 0.15) is 57.2 Å². The van der Waals surface area contributed by atoms with Gasteiger partial charge in [0.25, 0.3) is 0 Å². The lowest BCUT2D eigenvalue weighted by Crippen LogP contribution is -2.22. The van der Waals surface area contributed by atoms with Crippen molar-refractivity contribution in [2.45, 2.75) is 59.0 Å². The zero-order chi connectivity index (χ0) is 20.4. The van der Waals surface area contributed by atoms with Crippen LogP contribution in [-0.2, 0) is 27.4 Å². The fourth-order valence-electron chi connectivity index (χ4n) is 4.83. The Hall–Kier alpha value is -2.21. The Morgan fingerprint density at radius 3 is 2.62 bits per heavy atom. The summed E-state index contributed by atoms with van der Waals surface area (Å²) in [6.07, 6.45) is 6.58. The van der Waals surface area contributed by atoms with E-state index in [9.17, 15) is 9.59 Å². The fourth-order valence-corrected chi connectivity index (χ4v) is 5.70. The lowest BCUT2D eigenvalue weighted by molar-refractivity contribution is -0.146. The molecule has 0 unspecified atom stereocenters. The van der Waals surface area contributed by atoms with Crippen LogP contribution in [0, 0.1) is 17.8 Å². The van der Waals surface area contributed by atoms with Gasteiger partial charge in [-0.3, -0.25) is 14.5 Å². The molecule has 2 fully saturated rings. The van der Waals surface area contributed by atoms with Crippen LogP contribution >= 0.6 is 11.3 Å². The molecule has 154 valence electrons. The van der Waals surface area contributed by atoms with Gasteiger partial charge in [-0.2, -0.15) is 0 Å². The van der Waals surface area contributed by atoms with Gasteiger partial charge < -0.3 is 4.74 Å². The van der Waals surface area contributed by atoms with Crippen LogP contribution in [0.3, 0.4) is 0 Å². The van der Waals surface area contributed by atoms with Gasteiger partial charge in [0.05, 0.1) is 11.4 Å². The number of thiazole rings is 1. The van der Waals surface area contributed by atoms with Gasteiger partial charge in [-0.05, 0) is 61.1 Å². The second kappa shape index (κ2) is 8.66. The third-order valence-electron chi connectivity index (χ3n) is 6.34. The molecule has 2 bridgehead atoms. The van der Waals surface area contributed by atoms with Gasteiger partial charge >= 0.3 is 5.97 Å². The van der Waals surface area contributed by atoms with Crippen LogP contribution in [0.4, 0.5) is 10.8 Å². The van der Waals surface area contributed by atoms with Crippen molar-refractivity contribution in [1.82, 2.24) is 4.98 Å². The third kappa shape index (κ3) is 4.53. The van der Waals surface area contributed by atoms with E-state index in [1.54, 1.807) is 4.90 Å². The van der Waals surface area contributed by atoms with E-state index in [1.165, 1.54) is 49.5 Å². The summed E-state index contributed by atoms with van der Waals surface area (Å²) in [6.45, 7) is 3.80. The number of esters is 1. The number of ether oxygens (including phenoxy) is 1. The molecular formula is C23H28N2O3S. The number of hydrogen-bond donors (Lipinski definition) is 0. The molecule has 0 radical (unpaired) electrons. The number of benzene rings is 1. The largest absolute Gasteiger partial charge is 0.459 e. The Morgan fingerprint density at radius 1 is 1.21 bits per heavy atom. The summed E-state index contributed by atoms with van der Waals surface area (Å²) in [6, 6.07) is 7.93. The predicted molar refractivity (Wildman–Crippen MR) is 114 cm³/mol. The summed E-state index contributed by atoms with van der Waals surface area (Å²) in [4.78, 5) is 30.6. The minimum atomic E-state index is -0.129. The number of hydrogen-bond acceptors (Lipinski definition) is 5. The fraction of sp³-hybridized carbons (Fsp3) is 0.522. The number of aromatic nitrogens is 1. The Kier molecular flexibility index (Phi) is 5.99. The summed E-state index contributed by atoms with van der Waals surface area (Å²) in [5, 5.41) is 2.46. The molecule has 2 aliphatic rings. The van der Waals surface area contributed by atoms with Crippen LogP contribution < -0.4 is 4.90 Å². The molecule has 5 nitrogen and oxygen atoms in total. The van der Waals surface area contributed by atoms with Crippen molar-refractivity contribution in [3.63, 3.8) is 0 Å². The Bertz CT molecular complexity index is 877. The summed E-state index contributed by atoms with van der Waals surface area (Å²) >= 11 is 1.39. The van der Waals surface area contributed by atoms with E-state index in [0.717, 1.165) is 23.9 Å². The number of fused-ring (bicyclic) bond motifs is 2. The molecule has 1 aromatic carbocycles. The molecule has 0 aliphatic heterocycles. The van der Waals surface area contributed by atoms with Gasteiger partial charge in [0.2, 0.25) is 5.91 Å². The lowest BCUT2D eigenvalue weighted by Gasteiger charge is -2.20. The molecule has 0 N–H and O–H groups in total. The number of amides is 1. The minimum Gasteiger partial charge on any atom is -0.459 e. The number of nitrogens with zero attached hydrogens (tertiary/aromatic N) is 2. The number of carbonyl (C=O) groups excluding carboxylic acids is 2. The van der Waals surface area contributed by atoms with Crippen LogP contribution in [0.15, 0.2) is 29.6 Å². The zero-order valence-electron chi connectivity index (χ0n) is 17.1. The standard InChI is InChI=1S/C23H28N2O3S/c1-3-16-5-8-21(9-6-16)25(15(2)26)23-24-20(14-29-23)13-28-22(27)12-19-11-17-4-7-18(19)10-17/h5-6,8-9,14,17-19H,3-4,7,10-13H2,1-2H3/t17-,18+,19-/m0/s1. The van der Waals surface area contributed by atoms with Gasteiger partial charge in [-0.1, -0.05) is 25.5 Å². The molecule has 4 rings (SSSR count). The van der Waals surface area contributed by atoms with Gasteiger partial charge in [-0.25, -0.2) is 4.98 Å². The Morgan fingerprint density at radius 2 is 2.00 bits per heavy atom. The van der Waals surface area contributed by atoms with Gasteiger partial charge in [0.1, 0.15) is 6.61 Å². The SMILES string of the molecule is CCc1ccc(N(C(C)=O)c2nc(COC(=O)C[C@@H]3C[C@H]4CC[C@@H]3C4)cs2)cc1. The first-order valence-electron chi connectivity index (χ1n) is 10.5. The molecule has 6 heteroatoms. The van der Waals surface area contributed by atoms with Crippen molar-refractivity contribution in [3.05, 3.63) is 40.9 Å². The first-order valence-corrected chi connectivity index (χ1v) is 11.4. The molecule has 29 heavy (non-hydrogen) atoms. The number of aryl methyl sites for hydroxylation is 1. The van der Waals surface area contributed by atoms with Crippen LogP contribution in [0.2, 0.25) is 0 Å². The predicted octanol–water partition coefficient (Wildman–Crippen LogP) is 5.26. The first-order chi connectivity index (χ1) is 14.0. The van der Waals surface area contributed by atoms with Crippen molar-refractivity contribution in [3.8, 4) is 0 Å². The molecule has 1 heterocycles. The smallest absolute Gasteiger partial charge is 0.306 e. The summed E-state index contributed by atoms with van der Waals surface area (Å²) in [7, 11) is 0. The van der Waals surface area contributed by atoms with E-state index >= 15 is 0 Å². The normalized spacial score (nSPS) is 22.6. The van der Waals surface area contributed by atoms with E-state index in [0.29, 0.717) is 23.2 Å². The van der Waals surface area contributed by atoms with Crippen molar-refractivity contribution in [1.29, 1.82) is 0 Å². The highest BCUT2D eigenvalue weighted by atomic mass is 32.1. The van der Waals surface area contributed by atoms with Crippen LogP contribution in [0.5, 0.6) is 0 Å². The maximum atomic E-state index is 12.3. The van der Waals surface area contributed by atoms with E-state index in [2.05, 4.69) is 11.9 Å². The van der Waals surface area contributed by atoms with Gasteiger partial charge in [-0.15, -0.1) is 11.3 Å². The average molecular weight is 413 g/mol. The van der Waals surface area contributed by atoms with E-state index in [-0.39, 0.29) is 18.5 Å². The van der Waals surface area contributed by atoms with E-state index in [1.807, 2.05) is 29.6 Å². The maximum absolute atomic E-state index is 12.3. The van der Waals surface area contributed by atoms with Crippen LogP contribution in [-0.4, -0.2) is 16.9 Å². The molecule has 1 amide bonds. The lowest BCUT2D eigenvalue weighted by atomic mass is 9.86. The quantitative estimate of drug-likeness (QED) is 0.582. The number of carbonyl (C=O) groups is 2. The molecule has 1 aromatic heterocycles. The van der Waals surface area contributed by atoms with E-state index in [4.69, 9.17) is 4.74 Å². The first kappa shape index (κ1) is 20.1. The molecule has 2 saturated carbocycles. The van der Waals surface area contributed by atoms with Crippen molar-refractivity contribution in [2.24, 2.45) is 17.8 Å².